The topological polar surface area (TPSA) is 3.24 Å². The molecule has 0 saturated carbocycles. The fraction of sp³-hybridized carbons (Fsp3) is 0.368. The summed E-state index contributed by atoms with van der Waals surface area (Å²) in [4.78, 5) is 2.31. The van der Waals surface area contributed by atoms with Gasteiger partial charge in [0, 0.05) is 19.3 Å². The second-order valence-corrected chi connectivity index (χ2v) is 11.9. The van der Waals surface area contributed by atoms with Gasteiger partial charge in [0.15, 0.2) is 0 Å². The maximum atomic E-state index is 2.39. The standard InChI is InChI=1S/C19H27NSi/c1-6-16-7-11-18(12-8-16)20(2)15-17-9-13-19(14-10-17)21(3,4)5/h7-14H,6,15H2,1-5H3. The van der Waals surface area contributed by atoms with Gasteiger partial charge < -0.3 is 4.90 Å². The van der Waals surface area contributed by atoms with Gasteiger partial charge in [0.25, 0.3) is 0 Å². The molecule has 0 aromatic heterocycles. The van der Waals surface area contributed by atoms with E-state index in [2.05, 4.69) is 87.0 Å². The molecular formula is C19H27NSi. The summed E-state index contributed by atoms with van der Waals surface area (Å²) in [6.07, 6.45) is 1.10. The van der Waals surface area contributed by atoms with Crippen molar-refractivity contribution < 1.29 is 0 Å². The Morgan fingerprint density at radius 2 is 1.33 bits per heavy atom. The van der Waals surface area contributed by atoms with Gasteiger partial charge in [-0.2, -0.15) is 0 Å². The smallest absolute Gasteiger partial charge is 0.0775 e. The zero-order valence-electron chi connectivity index (χ0n) is 14.0. The fourth-order valence-electron chi connectivity index (χ4n) is 2.46. The van der Waals surface area contributed by atoms with Crippen molar-refractivity contribution in [1.82, 2.24) is 0 Å². The molecule has 1 nitrogen and oxygen atoms in total. The number of benzene rings is 2. The first-order chi connectivity index (χ1) is 9.90. The third-order valence-electron chi connectivity index (χ3n) is 4.03. The van der Waals surface area contributed by atoms with Gasteiger partial charge in [-0.15, -0.1) is 0 Å². The third kappa shape index (κ3) is 4.21. The van der Waals surface area contributed by atoms with Crippen molar-refractivity contribution in [2.24, 2.45) is 0 Å². The zero-order chi connectivity index (χ0) is 15.5. The van der Waals surface area contributed by atoms with E-state index < -0.39 is 8.07 Å². The molecule has 0 spiro atoms. The average molecular weight is 298 g/mol. The van der Waals surface area contributed by atoms with Gasteiger partial charge >= 0.3 is 0 Å². The molecule has 0 fully saturated rings. The van der Waals surface area contributed by atoms with Crippen LogP contribution in [0.25, 0.3) is 0 Å². The first kappa shape index (κ1) is 15.8. The van der Waals surface area contributed by atoms with E-state index in [0.29, 0.717) is 0 Å². The molecular weight excluding hydrogens is 270 g/mol. The Kier molecular flexibility index (Phi) is 4.89. The Hall–Kier alpha value is -1.54. The molecule has 0 aliphatic heterocycles. The summed E-state index contributed by atoms with van der Waals surface area (Å²) >= 11 is 0. The summed E-state index contributed by atoms with van der Waals surface area (Å²) in [5.74, 6) is 0. The lowest BCUT2D eigenvalue weighted by atomic mass is 10.1. The van der Waals surface area contributed by atoms with Gasteiger partial charge in [-0.25, -0.2) is 0 Å². The van der Waals surface area contributed by atoms with Crippen LogP contribution in [-0.4, -0.2) is 15.1 Å². The third-order valence-corrected chi connectivity index (χ3v) is 6.09. The fourth-order valence-corrected chi connectivity index (χ4v) is 3.63. The largest absolute Gasteiger partial charge is 0.370 e. The molecule has 0 saturated heterocycles. The molecule has 0 amide bonds. The Morgan fingerprint density at radius 1 is 0.810 bits per heavy atom. The quantitative estimate of drug-likeness (QED) is 0.738. The monoisotopic (exact) mass is 297 g/mol. The van der Waals surface area contributed by atoms with Crippen molar-refractivity contribution in [2.75, 3.05) is 11.9 Å². The van der Waals surface area contributed by atoms with Gasteiger partial charge in [0.1, 0.15) is 0 Å². The minimum Gasteiger partial charge on any atom is -0.370 e. The van der Waals surface area contributed by atoms with E-state index in [0.717, 1.165) is 13.0 Å². The molecule has 21 heavy (non-hydrogen) atoms. The van der Waals surface area contributed by atoms with E-state index >= 15 is 0 Å². The highest BCUT2D eigenvalue weighted by atomic mass is 28.3. The predicted molar refractivity (Wildman–Crippen MR) is 97.3 cm³/mol. The molecule has 2 rings (SSSR count). The number of rotatable bonds is 5. The first-order valence-corrected chi connectivity index (χ1v) is 11.3. The van der Waals surface area contributed by atoms with Crippen molar-refractivity contribution in [1.29, 1.82) is 0 Å². The van der Waals surface area contributed by atoms with Crippen LogP contribution in [0.15, 0.2) is 48.5 Å². The lowest BCUT2D eigenvalue weighted by molar-refractivity contribution is 0.922. The lowest BCUT2D eigenvalue weighted by Gasteiger charge is -2.21. The number of hydrogen-bond donors (Lipinski definition) is 0. The second kappa shape index (κ2) is 6.48. The maximum absolute atomic E-state index is 2.39. The van der Waals surface area contributed by atoms with Crippen LogP contribution in [0.5, 0.6) is 0 Å². The molecule has 0 radical (unpaired) electrons. The van der Waals surface area contributed by atoms with E-state index in [9.17, 15) is 0 Å². The van der Waals surface area contributed by atoms with E-state index in [1.165, 1.54) is 22.0 Å². The Morgan fingerprint density at radius 3 is 1.81 bits per heavy atom. The van der Waals surface area contributed by atoms with Crippen LogP contribution in [-0.2, 0) is 13.0 Å². The SMILES string of the molecule is CCc1ccc(N(C)Cc2ccc([Si](C)(C)C)cc2)cc1. The van der Waals surface area contributed by atoms with Crippen LogP contribution in [0.1, 0.15) is 18.1 Å². The number of anilines is 1. The van der Waals surface area contributed by atoms with Crippen LogP contribution in [0.2, 0.25) is 19.6 Å². The van der Waals surface area contributed by atoms with E-state index in [1.54, 1.807) is 0 Å². The van der Waals surface area contributed by atoms with Crippen LogP contribution < -0.4 is 10.1 Å². The summed E-state index contributed by atoms with van der Waals surface area (Å²) in [5.41, 5.74) is 4.05. The van der Waals surface area contributed by atoms with E-state index in [1.807, 2.05) is 0 Å². The first-order valence-electron chi connectivity index (χ1n) is 7.79. The van der Waals surface area contributed by atoms with Gasteiger partial charge in [0.05, 0.1) is 8.07 Å². The molecule has 0 bridgehead atoms. The molecule has 0 aliphatic carbocycles. The van der Waals surface area contributed by atoms with Crippen LogP contribution >= 0.6 is 0 Å². The maximum Gasteiger partial charge on any atom is 0.0775 e. The molecule has 2 aromatic rings. The molecule has 2 heteroatoms. The van der Waals surface area contributed by atoms with Gasteiger partial charge in [-0.3, -0.25) is 0 Å². The minimum absolute atomic E-state index is 0.956. The Labute approximate surface area is 130 Å². The highest BCUT2D eigenvalue weighted by Gasteiger charge is 2.15. The summed E-state index contributed by atoms with van der Waals surface area (Å²) in [7, 11) is 0.976. The van der Waals surface area contributed by atoms with E-state index in [4.69, 9.17) is 0 Å². The lowest BCUT2D eigenvalue weighted by Crippen LogP contribution is -2.37. The molecule has 0 heterocycles. The van der Waals surface area contributed by atoms with Crippen molar-refractivity contribution in [3.05, 3.63) is 59.7 Å². The van der Waals surface area contributed by atoms with Gasteiger partial charge in [0.2, 0.25) is 0 Å². The van der Waals surface area contributed by atoms with Crippen molar-refractivity contribution in [3.63, 3.8) is 0 Å². The second-order valence-electron chi connectivity index (χ2n) is 6.82. The van der Waals surface area contributed by atoms with Crippen LogP contribution in [0.4, 0.5) is 5.69 Å². The van der Waals surface area contributed by atoms with Crippen molar-refractivity contribution in [2.45, 2.75) is 39.5 Å². The summed E-state index contributed by atoms with van der Waals surface area (Å²) in [6, 6.07) is 18.1. The summed E-state index contributed by atoms with van der Waals surface area (Å²) in [5, 5.41) is 1.53. The Bertz CT molecular complexity index is 564. The van der Waals surface area contributed by atoms with Crippen molar-refractivity contribution >= 4 is 18.9 Å². The van der Waals surface area contributed by atoms with Crippen molar-refractivity contribution in [3.8, 4) is 0 Å². The minimum atomic E-state index is -1.18. The predicted octanol–water partition coefficient (Wildman–Crippen LogP) is 4.43. The highest BCUT2D eigenvalue weighted by Crippen LogP contribution is 2.16. The molecule has 112 valence electrons. The summed E-state index contributed by atoms with van der Waals surface area (Å²) < 4.78 is 0. The summed E-state index contributed by atoms with van der Waals surface area (Å²) in [6.45, 7) is 10.3. The molecule has 0 aliphatic rings. The average Bonchev–Trinajstić information content (AvgIpc) is 2.47. The molecule has 0 atom stereocenters. The molecule has 0 N–H and O–H groups in total. The normalized spacial score (nSPS) is 11.5. The zero-order valence-corrected chi connectivity index (χ0v) is 15.0. The number of hydrogen-bond acceptors (Lipinski definition) is 1. The van der Waals surface area contributed by atoms with Crippen LogP contribution in [0.3, 0.4) is 0 Å². The van der Waals surface area contributed by atoms with Crippen LogP contribution in [0, 0.1) is 0 Å². The Balaban J connectivity index is 2.06. The molecule has 2 aromatic carbocycles. The highest BCUT2D eigenvalue weighted by molar-refractivity contribution is 6.88. The van der Waals surface area contributed by atoms with Gasteiger partial charge in [-0.05, 0) is 29.7 Å². The number of nitrogens with zero attached hydrogens (tertiary/aromatic N) is 1. The van der Waals surface area contributed by atoms with Gasteiger partial charge in [-0.1, -0.05) is 68.1 Å². The van der Waals surface area contributed by atoms with E-state index in [-0.39, 0.29) is 0 Å². The number of aryl methyl sites for hydroxylation is 1. The molecule has 0 unspecified atom stereocenters.